The van der Waals surface area contributed by atoms with Gasteiger partial charge in [0, 0.05) is 29.2 Å². The number of thiophene rings is 1. The molecule has 0 fully saturated rings. The number of anilines is 1. The van der Waals surface area contributed by atoms with E-state index in [1.54, 1.807) is 0 Å². The van der Waals surface area contributed by atoms with Crippen LogP contribution in [0.1, 0.15) is 27.7 Å². The maximum Gasteiger partial charge on any atom is 0.265 e. The average Bonchev–Trinajstić information content (AvgIpc) is 3.15. The molecule has 156 valence electrons. The number of carbonyl (C=O) groups is 2. The monoisotopic (exact) mass is 430 g/mol. The van der Waals surface area contributed by atoms with Crippen LogP contribution >= 0.6 is 11.3 Å². The number of benzene rings is 3. The van der Waals surface area contributed by atoms with E-state index in [9.17, 15) is 9.59 Å². The van der Waals surface area contributed by atoms with Crippen LogP contribution in [0.25, 0.3) is 10.1 Å². The first kappa shape index (κ1) is 20.6. The Morgan fingerprint density at radius 1 is 0.903 bits per heavy atom. The van der Waals surface area contributed by atoms with Crippen LogP contribution < -0.4 is 15.4 Å². The molecule has 0 spiro atoms. The number of nitrogens with one attached hydrogen (secondary N) is 2. The summed E-state index contributed by atoms with van der Waals surface area (Å²) in [6, 6.07) is 25.2. The summed E-state index contributed by atoms with van der Waals surface area (Å²) in [4.78, 5) is 24.9. The third kappa shape index (κ3) is 5.10. The molecule has 4 aromatic rings. The second kappa shape index (κ2) is 9.45. The fraction of sp³-hybridized carbons (Fsp3) is 0.120. The van der Waals surface area contributed by atoms with Gasteiger partial charge < -0.3 is 15.4 Å². The number of hydrogen-bond acceptors (Lipinski definition) is 4. The van der Waals surface area contributed by atoms with Crippen molar-refractivity contribution in [1.82, 2.24) is 5.32 Å². The van der Waals surface area contributed by atoms with Crippen molar-refractivity contribution in [2.45, 2.75) is 20.1 Å². The molecule has 31 heavy (non-hydrogen) atoms. The minimum Gasteiger partial charge on any atom is -0.487 e. The first-order chi connectivity index (χ1) is 15.1. The number of rotatable bonds is 7. The summed E-state index contributed by atoms with van der Waals surface area (Å²) >= 11 is 1.42. The highest BCUT2D eigenvalue weighted by Gasteiger charge is 2.20. The normalized spacial score (nSPS) is 10.6. The number of fused-ring (bicyclic) bond motifs is 1. The molecule has 0 radical (unpaired) electrons. The summed E-state index contributed by atoms with van der Waals surface area (Å²) in [5.74, 6) is 0.287. The van der Waals surface area contributed by atoms with E-state index in [0.717, 1.165) is 21.2 Å². The largest absolute Gasteiger partial charge is 0.487 e. The third-order valence-electron chi connectivity index (χ3n) is 4.68. The van der Waals surface area contributed by atoms with Gasteiger partial charge in [-0.1, -0.05) is 54.6 Å². The zero-order valence-electron chi connectivity index (χ0n) is 17.1. The molecule has 0 aliphatic rings. The first-order valence-electron chi connectivity index (χ1n) is 9.93. The van der Waals surface area contributed by atoms with Crippen LogP contribution in [0.4, 0.5) is 5.69 Å². The zero-order valence-corrected chi connectivity index (χ0v) is 17.9. The maximum absolute atomic E-state index is 13.0. The minimum absolute atomic E-state index is 0.133. The SMILES string of the molecule is CC(=O)Nc1cccc(CNC(=O)c2sc3ccccc3c2OCc2ccccc2)c1. The molecule has 6 heteroatoms. The fourth-order valence-electron chi connectivity index (χ4n) is 3.27. The molecule has 1 heterocycles. The highest BCUT2D eigenvalue weighted by atomic mass is 32.1. The van der Waals surface area contributed by atoms with Gasteiger partial charge in [0.25, 0.3) is 5.91 Å². The molecule has 0 aliphatic heterocycles. The Bertz CT molecular complexity index is 1220. The standard InChI is InChI=1S/C25H22N2O3S/c1-17(28)27-20-11-7-10-19(14-20)15-26-25(29)24-23(21-12-5-6-13-22(21)31-24)30-16-18-8-3-2-4-9-18/h2-14H,15-16H2,1H3,(H,26,29)(H,27,28). The van der Waals surface area contributed by atoms with Gasteiger partial charge in [0.15, 0.2) is 5.75 Å². The number of amides is 2. The molecule has 4 rings (SSSR count). The molecule has 0 saturated heterocycles. The van der Waals surface area contributed by atoms with Crippen LogP contribution in [-0.4, -0.2) is 11.8 Å². The molecule has 2 N–H and O–H groups in total. The molecule has 0 unspecified atom stereocenters. The maximum atomic E-state index is 13.0. The molecule has 5 nitrogen and oxygen atoms in total. The van der Waals surface area contributed by atoms with Crippen LogP contribution in [0.5, 0.6) is 5.75 Å². The van der Waals surface area contributed by atoms with E-state index in [1.165, 1.54) is 18.3 Å². The Labute approximate surface area is 184 Å². The molecule has 3 aromatic carbocycles. The van der Waals surface area contributed by atoms with Gasteiger partial charge in [-0.25, -0.2) is 0 Å². The van der Waals surface area contributed by atoms with E-state index in [4.69, 9.17) is 4.74 Å². The van der Waals surface area contributed by atoms with Gasteiger partial charge >= 0.3 is 0 Å². The second-order valence-corrected chi connectivity index (χ2v) is 8.15. The van der Waals surface area contributed by atoms with Crippen molar-refractivity contribution in [3.8, 4) is 5.75 Å². The van der Waals surface area contributed by atoms with E-state index >= 15 is 0 Å². The van der Waals surface area contributed by atoms with E-state index < -0.39 is 0 Å². The van der Waals surface area contributed by atoms with Crippen molar-refractivity contribution in [1.29, 1.82) is 0 Å². The van der Waals surface area contributed by atoms with Crippen molar-refractivity contribution in [3.05, 3.63) is 94.9 Å². The Kier molecular flexibility index (Phi) is 6.29. The Morgan fingerprint density at radius 3 is 2.45 bits per heavy atom. The lowest BCUT2D eigenvalue weighted by molar-refractivity contribution is -0.114. The van der Waals surface area contributed by atoms with Crippen LogP contribution in [0.3, 0.4) is 0 Å². The molecule has 0 aliphatic carbocycles. The predicted octanol–water partition coefficient (Wildman–Crippen LogP) is 5.37. The van der Waals surface area contributed by atoms with Gasteiger partial charge in [0.1, 0.15) is 11.5 Å². The number of carbonyl (C=O) groups excluding carboxylic acids is 2. The lowest BCUT2D eigenvalue weighted by Gasteiger charge is -2.10. The summed E-state index contributed by atoms with van der Waals surface area (Å²) in [7, 11) is 0. The van der Waals surface area contributed by atoms with Crippen molar-refractivity contribution in [2.24, 2.45) is 0 Å². The summed E-state index contributed by atoms with van der Waals surface area (Å²) in [5.41, 5.74) is 2.64. The summed E-state index contributed by atoms with van der Waals surface area (Å²) < 4.78 is 7.12. The third-order valence-corrected chi connectivity index (χ3v) is 5.83. The van der Waals surface area contributed by atoms with Crippen LogP contribution in [-0.2, 0) is 17.9 Å². The van der Waals surface area contributed by atoms with Gasteiger partial charge in [0.2, 0.25) is 5.91 Å². The van der Waals surface area contributed by atoms with Gasteiger partial charge in [-0.15, -0.1) is 11.3 Å². The van der Waals surface area contributed by atoms with Crippen molar-refractivity contribution >= 4 is 38.9 Å². The van der Waals surface area contributed by atoms with Crippen molar-refractivity contribution in [2.75, 3.05) is 5.32 Å². The summed E-state index contributed by atoms with van der Waals surface area (Å²) in [5, 5.41) is 6.66. The highest BCUT2D eigenvalue weighted by molar-refractivity contribution is 7.21. The molecule has 0 saturated carbocycles. The smallest absolute Gasteiger partial charge is 0.265 e. The van der Waals surface area contributed by atoms with Crippen molar-refractivity contribution < 1.29 is 14.3 Å². The van der Waals surface area contributed by atoms with Crippen LogP contribution in [0.2, 0.25) is 0 Å². The van der Waals surface area contributed by atoms with Crippen LogP contribution in [0, 0.1) is 0 Å². The molecular weight excluding hydrogens is 408 g/mol. The van der Waals surface area contributed by atoms with Gasteiger partial charge in [0.05, 0.1) is 0 Å². The van der Waals surface area contributed by atoms with Crippen LogP contribution in [0.15, 0.2) is 78.9 Å². The second-order valence-electron chi connectivity index (χ2n) is 7.09. The molecule has 1 aromatic heterocycles. The quantitative estimate of drug-likeness (QED) is 0.414. The van der Waals surface area contributed by atoms with E-state index in [2.05, 4.69) is 10.6 Å². The number of ether oxygens (including phenoxy) is 1. The molecule has 0 bridgehead atoms. The van der Waals surface area contributed by atoms with E-state index in [0.29, 0.717) is 29.5 Å². The van der Waals surface area contributed by atoms with E-state index in [-0.39, 0.29) is 11.8 Å². The predicted molar refractivity (Wildman–Crippen MR) is 125 cm³/mol. The van der Waals surface area contributed by atoms with Crippen molar-refractivity contribution in [3.63, 3.8) is 0 Å². The molecule has 0 atom stereocenters. The molecular formula is C25H22N2O3S. The van der Waals surface area contributed by atoms with Gasteiger partial charge in [-0.2, -0.15) is 0 Å². The Hall–Kier alpha value is -3.64. The first-order valence-corrected chi connectivity index (χ1v) is 10.7. The average molecular weight is 431 g/mol. The molecule has 2 amide bonds. The summed E-state index contributed by atoms with van der Waals surface area (Å²) in [6.45, 7) is 2.20. The highest BCUT2D eigenvalue weighted by Crippen LogP contribution is 2.38. The van der Waals surface area contributed by atoms with Gasteiger partial charge in [-0.3, -0.25) is 9.59 Å². The van der Waals surface area contributed by atoms with E-state index in [1.807, 2.05) is 78.9 Å². The zero-order chi connectivity index (χ0) is 21.6. The lowest BCUT2D eigenvalue weighted by atomic mass is 10.2. The summed E-state index contributed by atoms with van der Waals surface area (Å²) in [6.07, 6.45) is 0. The number of hydrogen-bond donors (Lipinski definition) is 2. The Balaban J connectivity index is 1.53. The van der Waals surface area contributed by atoms with Gasteiger partial charge in [-0.05, 0) is 35.4 Å². The minimum atomic E-state index is -0.186. The Morgan fingerprint density at radius 2 is 1.65 bits per heavy atom. The fourth-order valence-corrected chi connectivity index (χ4v) is 4.33. The topological polar surface area (TPSA) is 67.4 Å². The lowest BCUT2D eigenvalue weighted by Crippen LogP contribution is -2.22.